The maximum absolute atomic E-state index is 11.8. The first kappa shape index (κ1) is 14.7. The molecule has 0 atom stereocenters. The number of nitrogens with one attached hydrogen (secondary N) is 1. The number of benzene rings is 1. The molecule has 1 aromatic carbocycles. The normalized spacial score (nSPS) is 12.4. The molecule has 0 spiro atoms. The van der Waals surface area contributed by atoms with E-state index in [9.17, 15) is 4.79 Å². The van der Waals surface area contributed by atoms with Crippen molar-refractivity contribution in [2.45, 2.75) is 25.7 Å². The maximum atomic E-state index is 11.8. The van der Waals surface area contributed by atoms with Gasteiger partial charge in [0.1, 0.15) is 0 Å². The Balaban J connectivity index is 2.39. The van der Waals surface area contributed by atoms with Crippen molar-refractivity contribution in [1.82, 2.24) is 4.98 Å². The van der Waals surface area contributed by atoms with E-state index in [1.165, 1.54) is 9.80 Å². The first-order chi connectivity index (χ1) is 9.47. The molecule has 1 aromatic heterocycles. The highest BCUT2D eigenvalue weighted by molar-refractivity contribution is 8.03. The number of aromatic amines is 1. The molecule has 0 aliphatic heterocycles. The van der Waals surface area contributed by atoms with E-state index in [1.807, 2.05) is 36.4 Å². The van der Waals surface area contributed by atoms with Gasteiger partial charge in [0.25, 0.3) is 5.56 Å². The molecule has 3 heteroatoms. The second-order valence-corrected chi connectivity index (χ2v) is 6.74. The molecule has 1 N–H and O–H groups in total. The average molecular weight is 285 g/mol. The van der Waals surface area contributed by atoms with Crippen LogP contribution in [0, 0.1) is 5.41 Å². The Hall–Kier alpha value is -1.74. The summed E-state index contributed by atoms with van der Waals surface area (Å²) in [6.07, 6.45) is 3.64. The van der Waals surface area contributed by atoms with Gasteiger partial charge in [-0.15, -0.1) is 0 Å². The number of pyridine rings is 1. The summed E-state index contributed by atoms with van der Waals surface area (Å²) < 4.78 is 0. The molecule has 0 unspecified atom stereocenters. The Morgan fingerprint density at radius 1 is 1.10 bits per heavy atom. The lowest BCUT2D eigenvalue weighted by Crippen LogP contribution is -2.11. The van der Waals surface area contributed by atoms with Gasteiger partial charge in [-0.1, -0.05) is 50.7 Å². The van der Waals surface area contributed by atoms with Crippen LogP contribution in [-0.2, 0) is 0 Å². The lowest BCUT2D eigenvalue weighted by atomic mass is 9.95. The molecule has 0 amide bonds. The fourth-order valence-corrected chi connectivity index (χ4v) is 2.74. The summed E-state index contributed by atoms with van der Waals surface area (Å²) in [4.78, 5) is 16.9. The Morgan fingerprint density at radius 2 is 1.80 bits per heavy atom. The van der Waals surface area contributed by atoms with Crippen LogP contribution in [0.4, 0.5) is 0 Å². The number of rotatable bonds is 3. The van der Waals surface area contributed by atoms with Gasteiger partial charge in [-0.3, -0.25) is 4.79 Å². The smallest absolute Gasteiger partial charge is 0.255 e. The molecule has 0 fully saturated rings. The summed E-state index contributed by atoms with van der Waals surface area (Å²) >= 11 is 1.71. The molecule has 104 valence electrons. The fraction of sp³-hybridized carbons (Fsp3) is 0.235. The van der Waals surface area contributed by atoms with E-state index in [2.05, 4.69) is 37.9 Å². The van der Waals surface area contributed by atoms with Crippen molar-refractivity contribution in [2.75, 3.05) is 0 Å². The minimum atomic E-state index is -0.0529. The van der Waals surface area contributed by atoms with Crippen molar-refractivity contribution in [3.05, 3.63) is 69.5 Å². The topological polar surface area (TPSA) is 32.9 Å². The van der Waals surface area contributed by atoms with E-state index in [4.69, 9.17) is 0 Å². The van der Waals surface area contributed by atoms with Crippen LogP contribution in [-0.4, -0.2) is 4.98 Å². The van der Waals surface area contributed by atoms with Gasteiger partial charge in [0, 0.05) is 16.7 Å². The minimum Gasteiger partial charge on any atom is -0.329 e. The summed E-state index contributed by atoms with van der Waals surface area (Å²) in [5, 5.41) is 0. The molecule has 2 aromatic rings. The highest BCUT2D eigenvalue weighted by atomic mass is 32.2. The standard InChI is InChI=1S/C17H19NOS/c1-17(2,3)15(20-14-9-5-4-6-10-14)12-13-8-7-11-18-16(13)19/h4-12H,1-3H3,(H,18,19)/b15-12+. The first-order valence-corrected chi connectivity index (χ1v) is 7.41. The van der Waals surface area contributed by atoms with E-state index in [0.717, 1.165) is 0 Å². The van der Waals surface area contributed by atoms with Crippen molar-refractivity contribution >= 4 is 17.8 Å². The lowest BCUT2D eigenvalue weighted by Gasteiger charge is -2.22. The van der Waals surface area contributed by atoms with E-state index in [0.29, 0.717) is 5.56 Å². The lowest BCUT2D eigenvalue weighted by molar-refractivity contribution is 0.536. The van der Waals surface area contributed by atoms with Crippen molar-refractivity contribution < 1.29 is 0 Å². The van der Waals surface area contributed by atoms with E-state index in [1.54, 1.807) is 18.0 Å². The van der Waals surface area contributed by atoms with Crippen LogP contribution in [0.5, 0.6) is 0 Å². The van der Waals surface area contributed by atoms with Crippen LogP contribution in [0.15, 0.2) is 63.3 Å². The quantitative estimate of drug-likeness (QED) is 0.839. The second-order valence-electron chi connectivity index (χ2n) is 5.63. The SMILES string of the molecule is CC(C)(C)/C(=C\c1ccc[nH]c1=O)Sc1ccccc1. The third-order valence-electron chi connectivity index (χ3n) is 2.85. The molecule has 20 heavy (non-hydrogen) atoms. The zero-order valence-electron chi connectivity index (χ0n) is 12.0. The third kappa shape index (κ3) is 3.87. The van der Waals surface area contributed by atoms with E-state index >= 15 is 0 Å². The molecule has 0 aliphatic rings. The van der Waals surface area contributed by atoms with Crippen LogP contribution < -0.4 is 5.56 Å². The van der Waals surface area contributed by atoms with Crippen molar-refractivity contribution in [1.29, 1.82) is 0 Å². The van der Waals surface area contributed by atoms with Gasteiger partial charge in [0.15, 0.2) is 0 Å². The van der Waals surface area contributed by atoms with Gasteiger partial charge in [0.2, 0.25) is 0 Å². The van der Waals surface area contributed by atoms with Crippen LogP contribution in [0.1, 0.15) is 26.3 Å². The molecule has 2 nitrogen and oxygen atoms in total. The summed E-state index contributed by atoms with van der Waals surface area (Å²) in [7, 11) is 0. The van der Waals surface area contributed by atoms with Gasteiger partial charge < -0.3 is 4.98 Å². The molecular formula is C17H19NOS. The largest absolute Gasteiger partial charge is 0.329 e. The molecule has 0 saturated heterocycles. The monoisotopic (exact) mass is 285 g/mol. The van der Waals surface area contributed by atoms with Crippen LogP contribution >= 0.6 is 11.8 Å². The number of thioether (sulfide) groups is 1. The molecular weight excluding hydrogens is 266 g/mol. The van der Waals surface area contributed by atoms with Crippen molar-refractivity contribution in [2.24, 2.45) is 5.41 Å². The Bertz CT molecular complexity index is 650. The Morgan fingerprint density at radius 3 is 2.40 bits per heavy atom. The second kappa shape index (κ2) is 6.14. The van der Waals surface area contributed by atoms with Gasteiger partial charge in [-0.2, -0.15) is 0 Å². The number of H-pyrrole nitrogens is 1. The number of allylic oxidation sites excluding steroid dienone is 1. The maximum Gasteiger partial charge on any atom is 0.255 e. The Labute approximate surface area is 123 Å². The van der Waals surface area contributed by atoms with Gasteiger partial charge in [-0.05, 0) is 40.7 Å². The van der Waals surface area contributed by atoms with Gasteiger partial charge in [0.05, 0.1) is 0 Å². The highest BCUT2D eigenvalue weighted by Gasteiger charge is 2.18. The average Bonchev–Trinajstić information content (AvgIpc) is 2.40. The molecule has 2 rings (SSSR count). The molecule has 0 aliphatic carbocycles. The Kier molecular flexibility index (Phi) is 4.50. The van der Waals surface area contributed by atoms with E-state index in [-0.39, 0.29) is 11.0 Å². The van der Waals surface area contributed by atoms with Crippen LogP contribution in [0.2, 0.25) is 0 Å². The molecule has 0 radical (unpaired) electrons. The van der Waals surface area contributed by atoms with E-state index < -0.39 is 0 Å². The fourth-order valence-electron chi connectivity index (χ4n) is 1.70. The summed E-state index contributed by atoms with van der Waals surface area (Å²) in [5.74, 6) is 0. The predicted molar refractivity (Wildman–Crippen MR) is 86.8 cm³/mol. The third-order valence-corrected chi connectivity index (χ3v) is 4.30. The highest BCUT2D eigenvalue weighted by Crippen LogP contribution is 2.39. The number of hydrogen-bond donors (Lipinski definition) is 1. The van der Waals surface area contributed by atoms with Crippen molar-refractivity contribution in [3.8, 4) is 0 Å². The zero-order valence-corrected chi connectivity index (χ0v) is 12.8. The van der Waals surface area contributed by atoms with Crippen LogP contribution in [0.3, 0.4) is 0 Å². The minimum absolute atomic E-state index is 0.0111. The molecule has 0 bridgehead atoms. The zero-order chi connectivity index (χ0) is 14.6. The van der Waals surface area contributed by atoms with Crippen LogP contribution in [0.25, 0.3) is 6.08 Å². The predicted octanol–water partition coefficient (Wildman–Crippen LogP) is 4.55. The first-order valence-electron chi connectivity index (χ1n) is 6.59. The summed E-state index contributed by atoms with van der Waals surface area (Å²) in [6, 6.07) is 13.9. The number of aromatic nitrogens is 1. The summed E-state index contributed by atoms with van der Waals surface area (Å²) in [6.45, 7) is 6.48. The van der Waals surface area contributed by atoms with Gasteiger partial charge in [-0.25, -0.2) is 0 Å². The molecule has 1 heterocycles. The molecule has 0 saturated carbocycles. The number of hydrogen-bond acceptors (Lipinski definition) is 2. The van der Waals surface area contributed by atoms with Crippen molar-refractivity contribution in [3.63, 3.8) is 0 Å². The summed E-state index contributed by atoms with van der Waals surface area (Å²) in [5.41, 5.74) is 0.631. The van der Waals surface area contributed by atoms with Gasteiger partial charge >= 0.3 is 0 Å².